The number of primary amides is 1. The molecule has 0 saturated heterocycles. The molecule has 1 aromatic heterocycles. The minimum Gasteiger partial charge on any atom is -0.366 e. The second kappa shape index (κ2) is 4.89. The van der Waals surface area contributed by atoms with E-state index >= 15 is 0 Å². The summed E-state index contributed by atoms with van der Waals surface area (Å²) in [5.41, 5.74) is 10.6. The van der Waals surface area contributed by atoms with Gasteiger partial charge in [0.15, 0.2) is 0 Å². The Labute approximate surface area is 119 Å². The lowest BCUT2D eigenvalue weighted by molar-refractivity contribution is 0.100. The molecule has 3 heteroatoms. The SMILES string of the molecule is CC(C)c1ccc2nc3c(c(C(N)=O)c2c1)CCCC3. The number of carbonyl (C=O) groups excluding carboxylic acids is 1. The van der Waals surface area contributed by atoms with Crippen molar-refractivity contribution in [1.82, 2.24) is 4.98 Å². The standard InChI is InChI=1S/C17H20N2O/c1-10(2)11-7-8-15-13(9-11)16(17(18)20)12-5-3-4-6-14(12)19-15/h7-10H,3-6H2,1-2H3,(H2,18,20). The third-order valence-corrected chi connectivity index (χ3v) is 4.20. The van der Waals surface area contributed by atoms with E-state index in [2.05, 4.69) is 26.0 Å². The number of fused-ring (bicyclic) bond motifs is 2. The van der Waals surface area contributed by atoms with Crippen LogP contribution < -0.4 is 5.73 Å². The molecule has 1 heterocycles. The van der Waals surface area contributed by atoms with Crippen molar-refractivity contribution in [2.75, 3.05) is 0 Å². The summed E-state index contributed by atoms with van der Waals surface area (Å²) < 4.78 is 0. The van der Waals surface area contributed by atoms with E-state index in [0.717, 1.165) is 47.8 Å². The Balaban J connectivity index is 2.34. The van der Waals surface area contributed by atoms with Gasteiger partial charge < -0.3 is 5.73 Å². The maximum Gasteiger partial charge on any atom is 0.249 e. The van der Waals surface area contributed by atoms with Crippen LogP contribution in [0.2, 0.25) is 0 Å². The second-order valence-corrected chi connectivity index (χ2v) is 5.91. The molecule has 0 atom stereocenters. The van der Waals surface area contributed by atoms with Gasteiger partial charge in [0.1, 0.15) is 0 Å². The zero-order chi connectivity index (χ0) is 14.3. The van der Waals surface area contributed by atoms with Gasteiger partial charge in [0.05, 0.1) is 11.1 Å². The highest BCUT2D eigenvalue weighted by atomic mass is 16.1. The van der Waals surface area contributed by atoms with Crippen LogP contribution >= 0.6 is 0 Å². The number of nitrogens with zero attached hydrogens (tertiary/aromatic N) is 1. The van der Waals surface area contributed by atoms with Crippen LogP contribution in [0.25, 0.3) is 10.9 Å². The molecular formula is C17H20N2O. The summed E-state index contributed by atoms with van der Waals surface area (Å²) in [6.07, 6.45) is 4.14. The molecule has 2 N–H and O–H groups in total. The van der Waals surface area contributed by atoms with Crippen molar-refractivity contribution in [3.63, 3.8) is 0 Å². The van der Waals surface area contributed by atoms with Crippen LogP contribution in [-0.4, -0.2) is 10.9 Å². The van der Waals surface area contributed by atoms with Crippen molar-refractivity contribution in [2.24, 2.45) is 5.73 Å². The van der Waals surface area contributed by atoms with E-state index in [0.29, 0.717) is 11.5 Å². The number of rotatable bonds is 2. The quantitative estimate of drug-likeness (QED) is 0.908. The zero-order valence-corrected chi connectivity index (χ0v) is 12.1. The summed E-state index contributed by atoms with van der Waals surface area (Å²) in [5.74, 6) is 0.104. The van der Waals surface area contributed by atoms with Gasteiger partial charge in [-0.05, 0) is 54.9 Å². The number of hydrogen-bond donors (Lipinski definition) is 1. The Kier molecular flexibility index (Phi) is 3.20. The largest absolute Gasteiger partial charge is 0.366 e. The molecule has 0 unspecified atom stereocenters. The predicted molar refractivity (Wildman–Crippen MR) is 81.0 cm³/mol. The molecule has 0 bridgehead atoms. The maximum absolute atomic E-state index is 12.0. The Morgan fingerprint density at radius 1 is 1.25 bits per heavy atom. The molecule has 0 radical (unpaired) electrons. The lowest BCUT2D eigenvalue weighted by Crippen LogP contribution is -2.19. The van der Waals surface area contributed by atoms with Crippen molar-refractivity contribution in [1.29, 1.82) is 0 Å². The molecule has 2 aromatic rings. The molecule has 1 aliphatic carbocycles. The number of aromatic nitrogens is 1. The smallest absolute Gasteiger partial charge is 0.249 e. The molecule has 0 aliphatic heterocycles. The lowest BCUT2D eigenvalue weighted by Gasteiger charge is -2.20. The van der Waals surface area contributed by atoms with Gasteiger partial charge in [-0.25, -0.2) is 0 Å². The molecule has 0 saturated carbocycles. The average molecular weight is 268 g/mol. The van der Waals surface area contributed by atoms with E-state index in [-0.39, 0.29) is 5.91 Å². The van der Waals surface area contributed by atoms with Gasteiger partial charge >= 0.3 is 0 Å². The van der Waals surface area contributed by atoms with Crippen molar-refractivity contribution >= 4 is 16.8 Å². The van der Waals surface area contributed by atoms with Gasteiger partial charge in [0, 0.05) is 11.1 Å². The van der Waals surface area contributed by atoms with E-state index in [9.17, 15) is 4.79 Å². The van der Waals surface area contributed by atoms with Crippen LogP contribution in [0.15, 0.2) is 18.2 Å². The maximum atomic E-state index is 12.0. The fraction of sp³-hybridized carbons (Fsp3) is 0.412. The fourth-order valence-electron chi connectivity index (χ4n) is 3.08. The van der Waals surface area contributed by atoms with Gasteiger partial charge in [0.2, 0.25) is 5.91 Å². The Morgan fingerprint density at radius 2 is 2.00 bits per heavy atom. The van der Waals surface area contributed by atoms with Crippen molar-refractivity contribution < 1.29 is 4.79 Å². The molecule has 0 fully saturated rings. The number of pyridine rings is 1. The lowest BCUT2D eigenvalue weighted by atomic mass is 9.88. The molecule has 1 aromatic carbocycles. The number of hydrogen-bond acceptors (Lipinski definition) is 2. The second-order valence-electron chi connectivity index (χ2n) is 5.91. The van der Waals surface area contributed by atoms with E-state index in [1.165, 1.54) is 5.56 Å². The van der Waals surface area contributed by atoms with Crippen molar-refractivity contribution in [3.8, 4) is 0 Å². The summed E-state index contributed by atoms with van der Waals surface area (Å²) in [6.45, 7) is 4.30. The van der Waals surface area contributed by atoms with Gasteiger partial charge in [-0.2, -0.15) is 0 Å². The first-order chi connectivity index (χ1) is 9.58. The first-order valence-electron chi connectivity index (χ1n) is 7.33. The third kappa shape index (κ3) is 2.07. The van der Waals surface area contributed by atoms with Crippen molar-refractivity contribution in [2.45, 2.75) is 45.4 Å². The summed E-state index contributed by atoms with van der Waals surface area (Å²) >= 11 is 0. The third-order valence-electron chi connectivity index (χ3n) is 4.20. The molecule has 0 spiro atoms. The number of aryl methyl sites for hydroxylation is 1. The summed E-state index contributed by atoms with van der Waals surface area (Å²) in [5, 5.41) is 0.921. The average Bonchev–Trinajstić information content (AvgIpc) is 2.43. The molecule has 3 nitrogen and oxygen atoms in total. The normalized spacial score (nSPS) is 14.6. The summed E-state index contributed by atoms with van der Waals surface area (Å²) in [7, 11) is 0. The molecule has 20 heavy (non-hydrogen) atoms. The minimum atomic E-state index is -0.323. The Hall–Kier alpha value is -1.90. The van der Waals surface area contributed by atoms with E-state index in [1.54, 1.807) is 0 Å². The Bertz CT molecular complexity index is 689. The topological polar surface area (TPSA) is 56.0 Å². The van der Waals surface area contributed by atoms with E-state index in [1.807, 2.05) is 6.07 Å². The molecule has 1 amide bonds. The van der Waals surface area contributed by atoms with Gasteiger partial charge in [0.25, 0.3) is 0 Å². The van der Waals surface area contributed by atoms with Gasteiger partial charge in [-0.3, -0.25) is 9.78 Å². The van der Waals surface area contributed by atoms with Crippen LogP contribution in [0.4, 0.5) is 0 Å². The van der Waals surface area contributed by atoms with Crippen LogP contribution in [0, 0.1) is 0 Å². The fourth-order valence-corrected chi connectivity index (χ4v) is 3.08. The first kappa shape index (κ1) is 13.1. The molecule has 3 rings (SSSR count). The minimum absolute atomic E-state index is 0.323. The molecular weight excluding hydrogens is 248 g/mol. The highest BCUT2D eigenvalue weighted by Crippen LogP contribution is 2.30. The van der Waals surface area contributed by atoms with Crippen LogP contribution in [0.5, 0.6) is 0 Å². The van der Waals surface area contributed by atoms with Crippen LogP contribution in [-0.2, 0) is 12.8 Å². The number of carbonyl (C=O) groups is 1. The van der Waals surface area contributed by atoms with Crippen LogP contribution in [0.1, 0.15) is 59.8 Å². The van der Waals surface area contributed by atoms with E-state index < -0.39 is 0 Å². The highest BCUT2D eigenvalue weighted by Gasteiger charge is 2.21. The van der Waals surface area contributed by atoms with Gasteiger partial charge in [-0.15, -0.1) is 0 Å². The molecule has 1 aliphatic rings. The number of benzene rings is 1. The first-order valence-corrected chi connectivity index (χ1v) is 7.33. The van der Waals surface area contributed by atoms with Crippen molar-refractivity contribution in [3.05, 3.63) is 40.6 Å². The zero-order valence-electron chi connectivity index (χ0n) is 12.1. The molecule has 104 valence electrons. The number of nitrogens with two attached hydrogens (primary N) is 1. The number of amides is 1. The highest BCUT2D eigenvalue weighted by molar-refractivity contribution is 6.07. The van der Waals surface area contributed by atoms with Gasteiger partial charge in [-0.1, -0.05) is 19.9 Å². The summed E-state index contributed by atoms with van der Waals surface area (Å²) in [6, 6.07) is 6.20. The summed E-state index contributed by atoms with van der Waals surface area (Å²) in [4.78, 5) is 16.7. The van der Waals surface area contributed by atoms with Crippen LogP contribution in [0.3, 0.4) is 0 Å². The van der Waals surface area contributed by atoms with E-state index in [4.69, 9.17) is 10.7 Å². The monoisotopic (exact) mass is 268 g/mol. The predicted octanol–water partition coefficient (Wildman–Crippen LogP) is 3.34. The Morgan fingerprint density at radius 3 is 2.70 bits per heavy atom.